The molecule has 1 atom stereocenters. The van der Waals surface area contributed by atoms with Crippen molar-refractivity contribution >= 4 is 11.8 Å². The van der Waals surface area contributed by atoms with Gasteiger partial charge in [-0.1, -0.05) is 26.0 Å². The summed E-state index contributed by atoms with van der Waals surface area (Å²) < 4.78 is 5.66. The van der Waals surface area contributed by atoms with Gasteiger partial charge in [0.2, 0.25) is 0 Å². The van der Waals surface area contributed by atoms with E-state index in [1.165, 1.54) is 16.8 Å². The van der Waals surface area contributed by atoms with Gasteiger partial charge in [0.1, 0.15) is 5.60 Å². The molecule has 1 aromatic heterocycles. The number of aromatic nitrogens is 1. The third-order valence-electron chi connectivity index (χ3n) is 5.10. The third-order valence-corrected chi connectivity index (χ3v) is 5.10. The van der Waals surface area contributed by atoms with Gasteiger partial charge in [-0.2, -0.15) is 0 Å². The highest BCUT2D eigenvalue weighted by Crippen LogP contribution is 2.27. The Morgan fingerprint density at radius 3 is 2.28 bits per heavy atom. The first kappa shape index (κ1) is 21.2. The molecule has 0 spiro atoms. The molecular weight excluding hydrogens is 362 g/mol. The van der Waals surface area contributed by atoms with E-state index in [4.69, 9.17) is 4.74 Å². The van der Waals surface area contributed by atoms with Crippen LogP contribution in [0, 0.1) is 5.92 Å². The molecule has 0 N–H and O–H groups in total. The molecule has 0 saturated carbocycles. The maximum atomic E-state index is 12.7. The van der Waals surface area contributed by atoms with Crippen molar-refractivity contribution in [2.45, 2.75) is 52.7 Å². The number of hydrogen-bond acceptors (Lipinski definition) is 4. The Bertz CT molecular complexity index is 797. The first-order valence-corrected chi connectivity index (χ1v) is 10.5. The fourth-order valence-electron chi connectivity index (χ4n) is 3.81. The second-order valence-corrected chi connectivity index (χ2v) is 9.19. The number of rotatable bonds is 4. The van der Waals surface area contributed by atoms with E-state index >= 15 is 0 Å². The number of ether oxygens (including phenoxy) is 1. The van der Waals surface area contributed by atoms with Crippen molar-refractivity contribution in [1.82, 2.24) is 9.88 Å². The lowest BCUT2D eigenvalue weighted by molar-refractivity contribution is 0.0120. The van der Waals surface area contributed by atoms with Gasteiger partial charge in [-0.25, -0.2) is 4.79 Å². The van der Waals surface area contributed by atoms with Crippen LogP contribution in [0.4, 0.5) is 10.5 Å². The van der Waals surface area contributed by atoms with E-state index in [9.17, 15) is 4.79 Å². The van der Waals surface area contributed by atoms with E-state index in [1.54, 1.807) is 0 Å². The normalized spacial score (nSPS) is 17.5. The highest BCUT2D eigenvalue weighted by Gasteiger charge is 2.33. The van der Waals surface area contributed by atoms with Gasteiger partial charge in [-0.15, -0.1) is 0 Å². The SMILES string of the molecule is CC(C)CC1CN(c2ccc(-c3ccncc3)cc2)CCN1C(=O)OC(C)(C)C. The fraction of sp³-hybridized carbons (Fsp3) is 0.500. The lowest BCUT2D eigenvalue weighted by Gasteiger charge is -2.43. The zero-order chi connectivity index (χ0) is 21.0. The molecule has 5 heteroatoms. The highest BCUT2D eigenvalue weighted by molar-refractivity contribution is 5.70. The van der Waals surface area contributed by atoms with Gasteiger partial charge in [-0.05, 0) is 68.5 Å². The minimum Gasteiger partial charge on any atom is -0.444 e. The summed E-state index contributed by atoms with van der Waals surface area (Å²) in [6, 6.07) is 12.8. The van der Waals surface area contributed by atoms with Crippen molar-refractivity contribution in [1.29, 1.82) is 0 Å². The molecule has 1 aromatic carbocycles. The maximum Gasteiger partial charge on any atom is 0.410 e. The minimum atomic E-state index is -0.473. The van der Waals surface area contributed by atoms with Crippen LogP contribution in [0.1, 0.15) is 41.0 Å². The van der Waals surface area contributed by atoms with Crippen molar-refractivity contribution in [2.75, 3.05) is 24.5 Å². The first-order valence-electron chi connectivity index (χ1n) is 10.5. The molecule has 1 amide bonds. The van der Waals surface area contributed by atoms with Crippen LogP contribution in [0.2, 0.25) is 0 Å². The molecule has 5 nitrogen and oxygen atoms in total. The fourth-order valence-corrected chi connectivity index (χ4v) is 3.81. The molecule has 1 fully saturated rings. The summed E-state index contributed by atoms with van der Waals surface area (Å²) in [6.07, 6.45) is 4.40. The van der Waals surface area contributed by atoms with Gasteiger partial charge in [0, 0.05) is 37.7 Å². The van der Waals surface area contributed by atoms with E-state index in [1.807, 2.05) is 50.2 Å². The van der Waals surface area contributed by atoms with Gasteiger partial charge in [0.25, 0.3) is 0 Å². The Kier molecular flexibility index (Phi) is 6.46. The summed E-state index contributed by atoms with van der Waals surface area (Å²) in [5.41, 5.74) is 3.07. The van der Waals surface area contributed by atoms with E-state index in [-0.39, 0.29) is 12.1 Å². The van der Waals surface area contributed by atoms with Crippen molar-refractivity contribution in [3.8, 4) is 11.1 Å². The number of carbonyl (C=O) groups excluding carboxylic acids is 1. The monoisotopic (exact) mass is 395 g/mol. The smallest absolute Gasteiger partial charge is 0.410 e. The third kappa shape index (κ3) is 5.72. The first-order chi connectivity index (χ1) is 13.7. The van der Waals surface area contributed by atoms with Crippen LogP contribution >= 0.6 is 0 Å². The van der Waals surface area contributed by atoms with Crippen LogP contribution in [0.3, 0.4) is 0 Å². The van der Waals surface area contributed by atoms with Crippen LogP contribution in [-0.2, 0) is 4.74 Å². The number of amides is 1. The summed E-state index contributed by atoms with van der Waals surface area (Å²) >= 11 is 0. The van der Waals surface area contributed by atoms with Gasteiger partial charge >= 0.3 is 6.09 Å². The second kappa shape index (κ2) is 8.85. The van der Waals surface area contributed by atoms with Crippen molar-refractivity contribution < 1.29 is 9.53 Å². The topological polar surface area (TPSA) is 45.7 Å². The zero-order valence-corrected chi connectivity index (χ0v) is 18.3. The molecular formula is C24H33N3O2. The number of hydrogen-bond donors (Lipinski definition) is 0. The molecule has 156 valence electrons. The molecule has 2 heterocycles. The lowest BCUT2D eigenvalue weighted by atomic mass is 9.99. The molecule has 3 rings (SSSR count). The van der Waals surface area contributed by atoms with Crippen molar-refractivity contribution in [2.24, 2.45) is 5.92 Å². The highest BCUT2D eigenvalue weighted by atomic mass is 16.6. The molecule has 0 radical (unpaired) electrons. The number of carbonyl (C=O) groups is 1. The molecule has 0 bridgehead atoms. The Morgan fingerprint density at radius 2 is 1.69 bits per heavy atom. The largest absolute Gasteiger partial charge is 0.444 e. The van der Waals surface area contributed by atoms with E-state index < -0.39 is 5.60 Å². The molecule has 29 heavy (non-hydrogen) atoms. The average Bonchev–Trinajstić information content (AvgIpc) is 2.67. The molecule has 0 aliphatic carbocycles. The van der Waals surface area contributed by atoms with Gasteiger partial charge < -0.3 is 14.5 Å². The van der Waals surface area contributed by atoms with Gasteiger partial charge in [0.05, 0.1) is 6.04 Å². The summed E-state index contributed by atoms with van der Waals surface area (Å²) in [6.45, 7) is 12.5. The van der Waals surface area contributed by atoms with Crippen molar-refractivity contribution in [3.05, 3.63) is 48.8 Å². The van der Waals surface area contributed by atoms with Crippen LogP contribution in [0.15, 0.2) is 48.8 Å². The molecule has 1 unspecified atom stereocenters. The number of pyridine rings is 1. The molecule has 1 saturated heterocycles. The predicted molar refractivity (Wildman–Crippen MR) is 118 cm³/mol. The van der Waals surface area contributed by atoms with E-state index in [0.717, 1.165) is 19.5 Å². The number of anilines is 1. The number of nitrogens with zero attached hydrogens (tertiary/aromatic N) is 3. The Balaban J connectivity index is 1.73. The van der Waals surface area contributed by atoms with Crippen LogP contribution in [0.5, 0.6) is 0 Å². The Morgan fingerprint density at radius 1 is 1.07 bits per heavy atom. The molecule has 1 aliphatic heterocycles. The van der Waals surface area contributed by atoms with Gasteiger partial charge in [0.15, 0.2) is 0 Å². The maximum absolute atomic E-state index is 12.7. The van der Waals surface area contributed by atoms with Crippen LogP contribution in [0.25, 0.3) is 11.1 Å². The van der Waals surface area contributed by atoms with E-state index in [0.29, 0.717) is 12.5 Å². The lowest BCUT2D eigenvalue weighted by Crippen LogP contribution is -2.56. The summed E-state index contributed by atoms with van der Waals surface area (Å²) in [5, 5.41) is 0. The summed E-state index contributed by atoms with van der Waals surface area (Å²) in [5.74, 6) is 0.513. The van der Waals surface area contributed by atoms with Gasteiger partial charge in [-0.3, -0.25) is 4.98 Å². The minimum absolute atomic E-state index is 0.151. The summed E-state index contributed by atoms with van der Waals surface area (Å²) in [4.78, 5) is 21.1. The quantitative estimate of drug-likeness (QED) is 0.712. The second-order valence-electron chi connectivity index (χ2n) is 9.19. The van der Waals surface area contributed by atoms with Crippen molar-refractivity contribution in [3.63, 3.8) is 0 Å². The molecule has 2 aromatic rings. The number of benzene rings is 1. The van der Waals surface area contributed by atoms with E-state index in [2.05, 4.69) is 48.0 Å². The van der Waals surface area contributed by atoms with Crippen LogP contribution in [-0.4, -0.2) is 47.3 Å². The average molecular weight is 396 g/mol. The predicted octanol–water partition coefficient (Wildman–Crippen LogP) is 5.22. The summed E-state index contributed by atoms with van der Waals surface area (Å²) in [7, 11) is 0. The molecule has 1 aliphatic rings. The standard InChI is InChI=1S/C24H33N3O2/c1-18(2)16-22-17-26(14-15-27(22)23(28)29-24(3,4)5)21-8-6-19(7-9-21)20-10-12-25-13-11-20/h6-13,18,22H,14-17H2,1-5H3. The Hall–Kier alpha value is -2.56. The van der Waals surface area contributed by atoms with Crippen LogP contribution < -0.4 is 4.90 Å². The number of piperazine rings is 1. The zero-order valence-electron chi connectivity index (χ0n) is 18.3. The Labute approximate surface area is 174 Å².